The summed E-state index contributed by atoms with van der Waals surface area (Å²) in [7, 11) is 3.98. The molecule has 21 nitrogen and oxygen atoms in total. The summed E-state index contributed by atoms with van der Waals surface area (Å²) in [5.41, 5.74) is 1.21. The SMILES string of the molecule is COc1cc(/C=C/C(=O)OC[C@H]2O[C@@](CO)(O[C@H]3O[C@H](COC(C)=O)[C@@H](OC(=O)/C=C/c4ccc(O)c(OC)c4)[C@H](O)[C@H]3O)[C@@H](OC(=O)/C=C/c3ccc(O)c(OC)c3)[C@@H]2O)ccc1O. The number of aliphatic hydroxyl groups is 4. The average molecular weight is 913 g/mol. The molecule has 0 aromatic heterocycles. The quantitative estimate of drug-likeness (QED) is 0.0534. The molecule has 2 fully saturated rings. The lowest BCUT2D eigenvalue weighted by Crippen LogP contribution is -2.64. The molecule has 3 aromatic carbocycles. The number of phenolic OH excluding ortho intramolecular Hbond substituents is 3. The zero-order valence-electron chi connectivity index (χ0n) is 35.2. The van der Waals surface area contributed by atoms with Crippen molar-refractivity contribution in [3.05, 3.63) is 89.5 Å². The Hall–Kier alpha value is -6.72. The summed E-state index contributed by atoms with van der Waals surface area (Å²) in [4.78, 5) is 50.9. The van der Waals surface area contributed by atoms with E-state index in [1.165, 1.54) is 94.2 Å². The molecule has 2 aliphatic rings. The highest BCUT2D eigenvalue weighted by Gasteiger charge is 2.61. The Morgan fingerprint density at radius 1 is 0.631 bits per heavy atom. The largest absolute Gasteiger partial charge is 0.504 e. The van der Waals surface area contributed by atoms with Gasteiger partial charge in [0.1, 0.15) is 50.3 Å². The molecule has 350 valence electrons. The molecule has 0 bridgehead atoms. The van der Waals surface area contributed by atoms with Crippen LogP contribution < -0.4 is 14.2 Å². The van der Waals surface area contributed by atoms with Crippen LogP contribution in [0.2, 0.25) is 0 Å². The van der Waals surface area contributed by atoms with Crippen molar-refractivity contribution in [2.24, 2.45) is 0 Å². The lowest BCUT2D eigenvalue weighted by Gasteiger charge is -2.44. The first-order valence-corrected chi connectivity index (χ1v) is 19.5. The Labute approximate surface area is 370 Å². The molecule has 0 unspecified atom stereocenters. The van der Waals surface area contributed by atoms with Gasteiger partial charge in [-0.15, -0.1) is 0 Å². The number of carbonyl (C=O) groups is 4. The van der Waals surface area contributed by atoms with E-state index in [1.54, 1.807) is 0 Å². The van der Waals surface area contributed by atoms with Gasteiger partial charge in [-0.2, -0.15) is 0 Å². The summed E-state index contributed by atoms with van der Waals surface area (Å²) in [6.45, 7) is -1.60. The molecule has 0 amide bonds. The van der Waals surface area contributed by atoms with Crippen LogP contribution in [0.4, 0.5) is 0 Å². The second kappa shape index (κ2) is 22.3. The van der Waals surface area contributed by atoms with Crippen LogP contribution in [0.15, 0.2) is 72.8 Å². The molecule has 0 aliphatic carbocycles. The van der Waals surface area contributed by atoms with Gasteiger partial charge < -0.3 is 83.1 Å². The average Bonchev–Trinajstić information content (AvgIpc) is 3.55. The number of hydrogen-bond donors (Lipinski definition) is 7. The second-order valence-electron chi connectivity index (χ2n) is 14.2. The van der Waals surface area contributed by atoms with E-state index in [1.807, 2.05) is 0 Å². The number of rotatable bonds is 18. The number of benzene rings is 3. The summed E-state index contributed by atoms with van der Waals surface area (Å²) in [5, 5.41) is 74.7. The molecule has 0 spiro atoms. The first kappa shape index (κ1) is 49.3. The summed E-state index contributed by atoms with van der Waals surface area (Å²) in [6, 6.07) is 12.6. The monoisotopic (exact) mass is 912 g/mol. The molecule has 2 saturated heterocycles. The smallest absolute Gasteiger partial charge is 0.331 e. The van der Waals surface area contributed by atoms with Crippen molar-refractivity contribution in [1.82, 2.24) is 0 Å². The molecule has 5 rings (SSSR count). The highest BCUT2D eigenvalue weighted by Crippen LogP contribution is 2.39. The van der Waals surface area contributed by atoms with Gasteiger partial charge in [0.15, 0.2) is 53.0 Å². The van der Waals surface area contributed by atoms with Crippen LogP contribution in [-0.4, -0.2) is 156 Å². The molecule has 65 heavy (non-hydrogen) atoms. The maximum Gasteiger partial charge on any atom is 0.331 e. The fraction of sp³-hybridized carbons (Fsp3) is 0.364. The van der Waals surface area contributed by atoms with Crippen LogP contribution in [-0.2, 0) is 52.3 Å². The minimum Gasteiger partial charge on any atom is -0.504 e. The minimum atomic E-state index is -2.64. The van der Waals surface area contributed by atoms with Crippen molar-refractivity contribution in [3.8, 4) is 34.5 Å². The number of aromatic hydroxyl groups is 3. The van der Waals surface area contributed by atoms with E-state index in [4.69, 9.17) is 47.4 Å². The van der Waals surface area contributed by atoms with E-state index in [0.29, 0.717) is 16.7 Å². The first-order valence-electron chi connectivity index (χ1n) is 19.5. The van der Waals surface area contributed by atoms with Gasteiger partial charge in [0, 0.05) is 25.2 Å². The fourth-order valence-electron chi connectivity index (χ4n) is 6.52. The lowest BCUT2D eigenvalue weighted by molar-refractivity contribution is -0.383. The van der Waals surface area contributed by atoms with E-state index < -0.39 is 98.5 Å². The van der Waals surface area contributed by atoms with Crippen molar-refractivity contribution in [1.29, 1.82) is 0 Å². The molecule has 2 heterocycles. The molecule has 7 N–H and O–H groups in total. The summed E-state index contributed by atoms with van der Waals surface area (Å²) in [6.07, 6.45) is -8.26. The van der Waals surface area contributed by atoms with Gasteiger partial charge in [0.05, 0.1) is 21.3 Å². The molecule has 0 saturated carbocycles. The summed E-state index contributed by atoms with van der Waals surface area (Å²) in [5.74, 6) is -6.73. The Bertz CT molecular complexity index is 2250. The number of ether oxygens (including phenoxy) is 10. The van der Waals surface area contributed by atoms with Gasteiger partial charge in [-0.05, 0) is 71.3 Å². The number of hydrogen-bond acceptors (Lipinski definition) is 21. The van der Waals surface area contributed by atoms with Gasteiger partial charge in [-0.25, -0.2) is 14.4 Å². The fourth-order valence-corrected chi connectivity index (χ4v) is 6.52. The van der Waals surface area contributed by atoms with Crippen LogP contribution in [0.3, 0.4) is 0 Å². The standard InChI is InChI=1S/C44H48O21/c1-23(46)59-21-34-41(62-36(51)15-9-25-6-12-28(48)31(18-25)57-3)39(54)40(55)43(61-34)65-44(22-45)42(63-37(52)16-10-26-7-13-29(49)32(19-26)58-4)38(53)33(64-44)20-60-35(50)14-8-24-5-11-27(47)30(17-24)56-2/h5-19,33-34,38-43,45,47-49,53-55H,20-22H2,1-4H3/b14-8+,15-9+,16-10+/t33-,34-,38-,39-,40-,41-,42+,43-,44+/m1/s1. The van der Waals surface area contributed by atoms with Crippen molar-refractivity contribution >= 4 is 42.1 Å². The van der Waals surface area contributed by atoms with Crippen molar-refractivity contribution in [3.63, 3.8) is 0 Å². The predicted molar refractivity (Wildman–Crippen MR) is 221 cm³/mol. The number of esters is 4. The van der Waals surface area contributed by atoms with Crippen LogP contribution >= 0.6 is 0 Å². The van der Waals surface area contributed by atoms with Gasteiger partial charge >= 0.3 is 23.9 Å². The second-order valence-corrected chi connectivity index (χ2v) is 14.2. The van der Waals surface area contributed by atoms with Crippen molar-refractivity contribution in [2.45, 2.75) is 61.7 Å². The van der Waals surface area contributed by atoms with E-state index in [2.05, 4.69) is 0 Å². The predicted octanol–water partition coefficient (Wildman–Crippen LogP) is 1.11. The van der Waals surface area contributed by atoms with Gasteiger partial charge in [-0.1, -0.05) is 18.2 Å². The van der Waals surface area contributed by atoms with Gasteiger partial charge in [0.25, 0.3) is 0 Å². The zero-order valence-corrected chi connectivity index (χ0v) is 35.2. The summed E-state index contributed by atoms with van der Waals surface area (Å²) >= 11 is 0. The maximum atomic E-state index is 13.3. The Kier molecular flexibility index (Phi) is 16.9. The van der Waals surface area contributed by atoms with Crippen molar-refractivity contribution in [2.75, 3.05) is 41.2 Å². The Morgan fingerprint density at radius 2 is 1.09 bits per heavy atom. The normalized spacial score (nSPS) is 25.4. The van der Waals surface area contributed by atoms with Crippen LogP contribution in [0.25, 0.3) is 18.2 Å². The third-order valence-electron chi connectivity index (χ3n) is 9.84. The molecule has 2 aliphatic heterocycles. The molecule has 0 radical (unpaired) electrons. The highest BCUT2D eigenvalue weighted by atomic mass is 16.8. The summed E-state index contributed by atoms with van der Waals surface area (Å²) < 4.78 is 54.2. The highest BCUT2D eigenvalue weighted by molar-refractivity contribution is 5.88. The van der Waals surface area contributed by atoms with Crippen LogP contribution in [0.5, 0.6) is 34.5 Å². The van der Waals surface area contributed by atoms with Gasteiger partial charge in [0.2, 0.25) is 5.79 Å². The minimum absolute atomic E-state index is 0.0895. The first-order chi connectivity index (χ1) is 31.0. The maximum absolute atomic E-state index is 13.3. The number of aliphatic hydroxyl groups excluding tert-OH is 4. The van der Waals surface area contributed by atoms with E-state index in [9.17, 15) is 54.9 Å². The molecule has 3 aromatic rings. The molecular weight excluding hydrogens is 864 g/mol. The molecule has 21 heteroatoms. The topological polar surface area (TPSA) is 302 Å². The van der Waals surface area contributed by atoms with Gasteiger partial charge in [-0.3, -0.25) is 4.79 Å². The zero-order chi connectivity index (χ0) is 47.4. The number of phenols is 3. The van der Waals surface area contributed by atoms with Crippen molar-refractivity contribution < 1.29 is 102 Å². The van der Waals surface area contributed by atoms with E-state index >= 15 is 0 Å². The Morgan fingerprint density at radius 3 is 1.55 bits per heavy atom. The van der Waals surface area contributed by atoms with E-state index in [-0.39, 0.29) is 34.5 Å². The number of carbonyl (C=O) groups excluding carboxylic acids is 4. The lowest BCUT2D eigenvalue weighted by atomic mass is 9.98. The third-order valence-corrected chi connectivity index (χ3v) is 9.84. The third kappa shape index (κ3) is 12.5. The number of methoxy groups -OCH3 is 3. The van der Waals surface area contributed by atoms with Crippen LogP contribution in [0.1, 0.15) is 23.6 Å². The Balaban J connectivity index is 1.38. The molecule has 9 atom stereocenters. The van der Waals surface area contributed by atoms with E-state index in [0.717, 1.165) is 25.2 Å². The molecular formula is C44H48O21. The van der Waals surface area contributed by atoms with Crippen LogP contribution in [0, 0.1) is 0 Å².